The summed E-state index contributed by atoms with van der Waals surface area (Å²) in [5.74, 6) is 0. The number of nitrogens with one attached hydrogen (secondary N) is 1. The normalized spacial score (nSPS) is 24.5. The molecule has 4 rings (SSSR count). The van der Waals surface area contributed by atoms with Crippen molar-refractivity contribution in [3.8, 4) is 0 Å². The zero-order valence-electron chi connectivity index (χ0n) is 18.6. The molecule has 3 heterocycles. The molecule has 2 saturated heterocycles. The average Bonchev–Trinajstić information content (AvgIpc) is 3.43. The molecule has 0 radical (unpaired) electrons. The largest absolute Gasteiger partial charge is 0.361 e. The average molecular weight is 392 g/mol. The summed E-state index contributed by atoms with van der Waals surface area (Å²) in [6, 6.07) is 5.72. The van der Waals surface area contributed by atoms with Crippen molar-refractivity contribution in [2.24, 2.45) is 0 Å². The van der Waals surface area contributed by atoms with Gasteiger partial charge in [0.1, 0.15) is 0 Å². The minimum Gasteiger partial charge on any atom is -0.361 e. The highest BCUT2D eigenvalue weighted by molar-refractivity contribution is 5.71. The van der Waals surface area contributed by atoms with Gasteiger partial charge in [-0.05, 0) is 81.0 Å². The summed E-state index contributed by atoms with van der Waals surface area (Å²) in [6.07, 6.45) is 10.7. The van der Waals surface area contributed by atoms with Crippen molar-refractivity contribution in [2.45, 2.75) is 72.0 Å². The van der Waals surface area contributed by atoms with E-state index in [1.807, 2.05) is 0 Å². The highest BCUT2D eigenvalue weighted by Crippen LogP contribution is 2.31. The SMILES string of the molecule is C=C(C)C1=CNC(c2cc(CC)c(CN3CCCCC3)cc2CN2CC2C)=CC1. The van der Waals surface area contributed by atoms with Gasteiger partial charge in [0.2, 0.25) is 0 Å². The van der Waals surface area contributed by atoms with Gasteiger partial charge in [0.05, 0.1) is 0 Å². The van der Waals surface area contributed by atoms with Gasteiger partial charge in [0, 0.05) is 43.1 Å². The van der Waals surface area contributed by atoms with Gasteiger partial charge in [-0.25, -0.2) is 0 Å². The Hall–Kier alpha value is -1.84. The molecule has 0 saturated carbocycles. The molecule has 3 aliphatic heterocycles. The van der Waals surface area contributed by atoms with E-state index in [0.717, 1.165) is 37.5 Å². The maximum Gasteiger partial charge on any atom is 0.0419 e. The van der Waals surface area contributed by atoms with Gasteiger partial charge in [-0.2, -0.15) is 0 Å². The lowest BCUT2D eigenvalue weighted by Crippen LogP contribution is -2.29. The van der Waals surface area contributed by atoms with Crippen molar-refractivity contribution in [3.63, 3.8) is 0 Å². The van der Waals surface area contributed by atoms with Gasteiger partial charge in [-0.15, -0.1) is 0 Å². The summed E-state index contributed by atoms with van der Waals surface area (Å²) in [5.41, 5.74) is 9.62. The molecule has 3 nitrogen and oxygen atoms in total. The molecular weight excluding hydrogens is 354 g/mol. The van der Waals surface area contributed by atoms with Crippen molar-refractivity contribution in [2.75, 3.05) is 19.6 Å². The van der Waals surface area contributed by atoms with Crippen molar-refractivity contribution < 1.29 is 0 Å². The van der Waals surface area contributed by atoms with Gasteiger partial charge in [0.25, 0.3) is 0 Å². The summed E-state index contributed by atoms with van der Waals surface area (Å²) in [4.78, 5) is 5.22. The fourth-order valence-corrected chi connectivity index (χ4v) is 4.67. The third-order valence-electron chi connectivity index (χ3n) is 6.78. The molecule has 0 aromatic heterocycles. The van der Waals surface area contributed by atoms with Crippen LogP contribution in [0.25, 0.3) is 5.70 Å². The maximum absolute atomic E-state index is 4.10. The van der Waals surface area contributed by atoms with Crippen LogP contribution in [0.2, 0.25) is 0 Å². The summed E-state index contributed by atoms with van der Waals surface area (Å²) < 4.78 is 0. The molecule has 3 heteroatoms. The first kappa shape index (κ1) is 20.4. The lowest BCUT2D eigenvalue weighted by atomic mass is 9.92. The summed E-state index contributed by atoms with van der Waals surface area (Å²) >= 11 is 0. The van der Waals surface area contributed by atoms with Crippen molar-refractivity contribution in [1.29, 1.82) is 0 Å². The number of piperidine rings is 1. The molecule has 0 aliphatic carbocycles. The van der Waals surface area contributed by atoms with Crippen LogP contribution in [0.4, 0.5) is 0 Å². The lowest BCUT2D eigenvalue weighted by molar-refractivity contribution is 0.220. The zero-order valence-corrected chi connectivity index (χ0v) is 18.6. The van der Waals surface area contributed by atoms with Gasteiger partial charge < -0.3 is 5.32 Å². The minimum atomic E-state index is 0.724. The Balaban J connectivity index is 1.63. The standard InChI is InChI=1S/C26H37N3/c1-5-21-14-25(26-10-9-22(15-27-26)19(2)3)24(18-29-16-20(29)4)13-23(21)17-28-11-7-6-8-12-28/h10,13-15,20,27H,2,5-9,11-12,16-18H2,1,3-4H3. The smallest absolute Gasteiger partial charge is 0.0419 e. The molecule has 1 aromatic carbocycles. The quantitative estimate of drug-likeness (QED) is 0.642. The third kappa shape index (κ3) is 4.84. The molecule has 29 heavy (non-hydrogen) atoms. The third-order valence-corrected chi connectivity index (χ3v) is 6.78. The highest BCUT2D eigenvalue weighted by Gasteiger charge is 2.30. The van der Waals surface area contributed by atoms with E-state index >= 15 is 0 Å². The number of nitrogens with zero attached hydrogens (tertiary/aromatic N) is 2. The van der Waals surface area contributed by atoms with E-state index in [0.29, 0.717) is 0 Å². The first-order chi connectivity index (χ1) is 14.0. The molecule has 156 valence electrons. The number of aryl methyl sites for hydroxylation is 1. The number of hydrogen-bond donors (Lipinski definition) is 1. The van der Waals surface area contributed by atoms with Crippen LogP contribution in [0.3, 0.4) is 0 Å². The molecule has 3 aliphatic rings. The second kappa shape index (κ2) is 8.89. The Morgan fingerprint density at radius 3 is 2.45 bits per heavy atom. The Labute approximate surface area is 177 Å². The highest BCUT2D eigenvalue weighted by atomic mass is 15.3. The molecule has 1 aromatic rings. The molecule has 2 fully saturated rings. The predicted molar refractivity (Wildman–Crippen MR) is 123 cm³/mol. The second-order valence-electron chi connectivity index (χ2n) is 9.16. The molecule has 0 bridgehead atoms. The van der Waals surface area contributed by atoms with E-state index in [4.69, 9.17) is 0 Å². The first-order valence-electron chi connectivity index (χ1n) is 11.5. The molecule has 1 N–H and O–H groups in total. The van der Waals surface area contributed by atoms with Crippen molar-refractivity contribution in [3.05, 3.63) is 64.4 Å². The Morgan fingerprint density at radius 2 is 1.86 bits per heavy atom. The van der Waals surface area contributed by atoms with Crippen LogP contribution in [-0.2, 0) is 19.5 Å². The lowest BCUT2D eigenvalue weighted by Gasteiger charge is -2.28. The Bertz CT molecular complexity index is 827. The van der Waals surface area contributed by atoms with Crippen LogP contribution in [0.15, 0.2) is 42.1 Å². The second-order valence-corrected chi connectivity index (χ2v) is 9.16. The van der Waals surface area contributed by atoms with Crippen LogP contribution >= 0.6 is 0 Å². The monoisotopic (exact) mass is 391 g/mol. The van der Waals surface area contributed by atoms with Gasteiger partial charge >= 0.3 is 0 Å². The van der Waals surface area contributed by atoms with Crippen LogP contribution in [-0.4, -0.2) is 35.5 Å². The number of hydrogen-bond acceptors (Lipinski definition) is 3. The number of dihydropyridines is 1. The van der Waals surface area contributed by atoms with E-state index in [9.17, 15) is 0 Å². The van der Waals surface area contributed by atoms with Crippen molar-refractivity contribution >= 4 is 5.70 Å². The van der Waals surface area contributed by atoms with Gasteiger partial charge in [-0.1, -0.05) is 37.6 Å². The van der Waals surface area contributed by atoms with E-state index in [1.54, 1.807) is 0 Å². The van der Waals surface area contributed by atoms with Gasteiger partial charge in [-0.3, -0.25) is 9.80 Å². The van der Waals surface area contributed by atoms with E-state index in [1.165, 1.54) is 72.4 Å². The Morgan fingerprint density at radius 1 is 1.10 bits per heavy atom. The van der Waals surface area contributed by atoms with E-state index in [-0.39, 0.29) is 0 Å². The van der Waals surface area contributed by atoms with Crippen LogP contribution in [0.5, 0.6) is 0 Å². The van der Waals surface area contributed by atoms with E-state index < -0.39 is 0 Å². The number of benzene rings is 1. The Kier molecular flexibility index (Phi) is 6.26. The summed E-state index contributed by atoms with van der Waals surface area (Å²) in [6.45, 7) is 16.7. The van der Waals surface area contributed by atoms with Crippen molar-refractivity contribution in [1.82, 2.24) is 15.1 Å². The molecule has 0 amide bonds. The minimum absolute atomic E-state index is 0.724. The van der Waals surface area contributed by atoms with Crippen LogP contribution < -0.4 is 5.32 Å². The number of allylic oxidation sites excluding steroid dienone is 3. The zero-order chi connectivity index (χ0) is 20.4. The first-order valence-corrected chi connectivity index (χ1v) is 11.5. The molecule has 2 atom stereocenters. The summed E-state index contributed by atoms with van der Waals surface area (Å²) in [5, 5.41) is 3.57. The van der Waals surface area contributed by atoms with Crippen LogP contribution in [0.1, 0.15) is 68.7 Å². The number of rotatable bonds is 7. The number of likely N-dealkylation sites (tertiary alicyclic amines) is 1. The van der Waals surface area contributed by atoms with Crippen LogP contribution in [0, 0.1) is 0 Å². The van der Waals surface area contributed by atoms with Gasteiger partial charge in [0.15, 0.2) is 0 Å². The topological polar surface area (TPSA) is 18.3 Å². The van der Waals surface area contributed by atoms with E-state index in [2.05, 4.69) is 66.9 Å². The molecule has 2 unspecified atom stereocenters. The fourth-order valence-electron chi connectivity index (χ4n) is 4.67. The fraction of sp³-hybridized carbons (Fsp3) is 0.538. The molecule has 0 spiro atoms. The maximum atomic E-state index is 4.10. The predicted octanol–water partition coefficient (Wildman–Crippen LogP) is 5.23. The summed E-state index contributed by atoms with van der Waals surface area (Å²) in [7, 11) is 0. The molecular formula is C26H37N3.